The van der Waals surface area contributed by atoms with Crippen molar-refractivity contribution in [2.24, 2.45) is 0 Å². The van der Waals surface area contributed by atoms with Crippen LogP contribution in [0.5, 0.6) is 0 Å². The molecule has 4 aromatic rings. The summed E-state index contributed by atoms with van der Waals surface area (Å²) in [6.45, 7) is 2.03. The Kier molecular flexibility index (Phi) is 3.95. The third-order valence-corrected chi connectivity index (χ3v) is 4.62. The molecule has 0 saturated carbocycles. The second-order valence-corrected chi connectivity index (χ2v) is 6.57. The third-order valence-electron chi connectivity index (χ3n) is 3.66. The summed E-state index contributed by atoms with van der Waals surface area (Å²) in [5, 5.41) is 5.19. The maximum Gasteiger partial charge on any atom is 0.275 e. The van der Waals surface area contributed by atoms with Gasteiger partial charge in [0, 0.05) is 24.0 Å². The van der Waals surface area contributed by atoms with Gasteiger partial charge in [-0.1, -0.05) is 47.2 Å². The lowest BCUT2D eigenvalue weighted by molar-refractivity contribution is 0.901. The van der Waals surface area contributed by atoms with Gasteiger partial charge in [-0.2, -0.15) is 9.61 Å². The van der Waals surface area contributed by atoms with Gasteiger partial charge < -0.3 is 0 Å². The Bertz CT molecular complexity index is 1130. The van der Waals surface area contributed by atoms with E-state index in [4.69, 9.17) is 0 Å². The number of benzene rings is 1. The second-order valence-electron chi connectivity index (χ2n) is 5.61. The second kappa shape index (κ2) is 6.41. The molecule has 25 heavy (non-hydrogen) atoms. The summed E-state index contributed by atoms with van der Waals surface area (Å²) >= 11 is 1.40. The maximum atomic E-state index is 12.3. The third kappa shape index (κ3) is 3.25. The van der Waals surface area contributed by atoms with Crippen LogP contribution in [0.1, 0.15) is 16.8 Å². The highest BCUT2D eigenvalue weighted by molar-refractivity contribution is 7.19. The standard InChI is InChI=1S/C19H14N4OS/c1-13-4-2-6-15(10-13)18-22-23-17(24)11-16(21-19(23)25-18)8-7-14-5-3-9-20-12-14/h2-12H,1H3. The van der Waals surface area contributed by atoms with Gasteiger partial charge >= 0.3 is 0 Å². The van der Waals surface area contributed by atoms with E-state index in [1.165, 1.54) is 21.9 Å². The summed E-state index contributed by atoms with van der Waals surface area (Å²) in [5.74, 6) is 0. The molecule has 0 unspecified atom stereocenters. The molecule has 0 atom stereocenters. The van der Waals surface area contributed by atoms with Crippen LogP contribution in [-0.2, 0) is 0 Å². The number of rotatable bonds is 3. The fourth-order valence-electron chi connectivity index (χ4n) is 2.46. The van der Waals surface area contributed by atoms with Crippen LogP contribution in [0, 0.1) is 6.92 Å². The zero-order valence-corrected chi connectivity index (χ0v) is 14.3. The summed E-state index contributed by atoms with van der Waals surface area (Å²) in [5.41, 5.74) is 3.51. The summed E-state index contributed by atoms with van der Waals surface area (Å²) in [6, 6.07) is 13.3. The van der Waals surface area contributed by atoms with E-state index in [0.717, 1.165) is 21.7 Å². The van der Waals surface area contributed by atoms with Gasteiger partial charge in [0.15, 0.2) is 0 Å². The Balaban J connectivity index is 1.75. The molecule has 0 fully saturated rings. The number of fused-ring (bicyclic) bond motifs is 1. The zero-order chi connectivity index (χ0) is 17.2. The van der Waals surface area contributed by atoms with E-state index in [9.17, 15) is 4.79 Å². The molecule has 5 nitrogen and oxygen atoms in total. The number of aryl methyl sites for hydroxylation is 1. The average molecular weight is 346 g/mol. The first kappa shape index (κ1) is 15.4. The van der Waals surface area contributed by atoms with Crippen LogP contribution in [-0.4, -0.2) is 19.6 Å². The molecule has 1 aromatic carbocycles. The Hall–Kier alpha value is -3.12. The van der Waals surface area contributed by atoms with Crippen molar-refractivity contribution in [3.05, 3.63) is 82.0 Å². The summed E-state index contributed by atoms with van der Waals surface area (Å²) in [7, 11) is 0. The molecule has 0 amide bonds. The normalized spacial score (nSPS) is 11.4. The quantitative estimate of drug-likeness (QED) is 0.568. The Morgan fingerprint density at radius 2 is 2.04 bits per heavy atom. The zero-order valence-electron chi connectivity index (χ0n) is 13.5. The van der Waals surface area contributed by atoms with Gasteiger partial charge in [0.2, 0.25) is 4.96 Å². The predicted octanol–water partition coefficient (Wildman–Crippen LogP) is 3.69. The van der Waals surface area contributed by atoms with E-state index >= 15 is 0 Å². The Morgan fingerprint density at radius 3 is 2.84 bits per heavy atom. The molecular weight excluding hydrogens is 332 g/mol. The smallest absolute Gasteiger partial charge is 0.267 e. The van der Waals surface area contributed by atoms with Crippen LogP contribution in [0.25, 0.3) is 27.7 Å². The summed E-state index contributed by atoms with van der Waals surface area (Å²) in [6.07, 6.45) is 7.17. The molecule has 0 aliphatic rings. The molecule has 0 aliphatic heterocycles. The highest BCUT2D eigenvalue weighted by Gasteiger charge is 2.10. The molecule has 122 valence electrons. The lowest BCUT2D eigenvalue weighted by Gasteiger charge is -1.95. The van der Waals surface area contributed by atoms with E-state index in [0.29, 0.717) is 10.7 Å². The van der Waals surface area contributed by atoms with Crippen LogP contribution in [0.4, 0.5) is 0 Å². The average Bonchev–Trinajstić information content (AvgIpc) is 3.06. The number of nitrogens with zero attached hydrogens (tertiary/aromatic N) is 4. The molecule has 3 aromatic heterocycles. The first-order valence-electron chi connectivity index (χ1n) is 7.75. The highest BCUT2D eigenvalue weighted by atomic mass is 32.1. The highest BCUT2D eigenvalue weighted by Crippen LogP contribution is 2.25. The molecule has 0 bridgehead atoms. The first-order valence-corrected chi connectivity index (χ1v) is 8.57. The van der Waals surface area contributed by atoms with Crippen LogP contribution >= 0.6 is 11.3 Å². The molecule has 4 rings (SSSR count). The van der Waals surface area contributed by atoms with Crippen molar-refractivity contribution < 1.29 is 0 Å². The Labute approximate surface area is 148 Å². The summed E-state index contributed by atoms with van der Waals surface area (Å²) < 4.78 is 1.35. The van der Waals surface area contributed by atoms with Crippen LogP contribution in [0.2, 0.25) is 0 Å². The predicted molar refractivity (Wildman–Crippen MR) is 100 cm³/mol. The molecule has 0 N–H and O–H groups in total. The van der Waals surface area contributed by atoms with Crippen molar-refractivity contribution in [2.75, 3.05) is 0 Å². The molecule has 0 saturated heterocycles. The van der Waals surface area contributed by atoms with Crippen LogP contribution in [0.3, 0.4) is 0 Å². The Morgan fingerprint density at radius 1 is 1.12 bits per heavy atom. The van der Waals surface area contributed by atoms with Crippen molar-refractivity contribution in [3.8, 4) is 10.6 Å². The molecule has 0 aliphatic carbocycles. The van der Waals surface area contributed by atoms with E-state index in [2.05, 4.69) is 15.1 Å². The van der Waals surface area contributed by atoms with Gasteiger partial charge in [-0.15, -0.1) is 0 Å². The fourth-order valence-corrected chi connectivity index (χ4v) is 3.37. The largest absolute Gasteiger partial charge is 0.275 e. The van der Waals surface area contributed by atoms with Gasteiger partial charge in [0.05, 0.1) is 5.69 Å². The number of hydrogen-bond donors (Lipinski definition) is 0. The van der Waals surface area contributed by atoms with Gasteiger partial charge in [0.25, 0.3) is 5.56 Å². The maximum absolute atomic E-state index is 12.3. The summed E-state index contributed by atoms with van der Waals surface area (Å²) in [4.78, 5) is 21.5. The van der Waals surface area contributed by atoms with Gasteiger partial charge in [-0.3, -0.25) is 9.78 Å². The topological polar surface area (TPSA) is 60.2 Å². The van der Waals surface area contributed by atoms with Gasteiger partial charge in [-0.25, -0.2) is 4.98 Å². The molecular formula is C19H14N4OS. The molecule has 0 radical (unpaired) electrons. The number of hydrogen-bond acceptors (Lipinski definition) is 5. The first-order chi connectivity index (χ1) is 12.2. The number of pyridine rings is 1. The van der Waals surface area contributed by atoms with Crippen molar-refractivity contribution in [3.63, 3.8) is 0 Å². The lowest BCUT2D eigenvalue weighted by Crippen LogP contribution is -2.14. The minimum Gasteiger partial charge on any atom is -0.267 e. The molecule has 0 spiro atoms. The van der Waals surface area contributed by atoms with Crippen molar-refractivity contribution >= 4 is 28.4 Å². The van der Waals surface area contributed by atoms with Gasteiger partial charge in [0.1, 0.15) is 5.01 Å². The molecule has 3 heterocycles. The van der Waals surface area contributed by atoms with Crippen molar-refractivity contribution in [2.45, 2.75) is 6.92 Å². The lowest BCUT2D eigenvalue weighted by atomic mass is 10.1. The minimum absolute atomic E-state index is 0.189. The van der Waals surface area contributed by atoms with Crippen molar-refractivity contribution in [1.29, 1.82) is 0 Å². The van der Waals surface area contributed by atoms with E-state index in [-0.39, 0.29) is 5.56 Å². The molecule has 6 heteroatoms. The van der Waals surface area contributed by atoms with E-state index < -0.39 is 0 Å². The fraction of sp³-hybridized carbons (Fsp3) is 0.0526. The van der Waals surface area contributed by atoms with Gasteiger partial charge in [-0.05, 0) is 30.7 Å². The SMILES string of the molecule is Cc1cccc(-c2nn3c(=O)cc(C=Cc4cccnc4)nc3s2)c1. The number of aromatic nitrogens is 4. The van der Waals surface area contributed by atoms with Crippen LogP contribution in [0.15, 0.2) is 59.7 Å². The minimum atomic E-state index is -0.189. The monoisotopic (exact) mass is 346 g/mol. The van der Waals surface area contributed by atoms with Crippen molar-refractivity contribution in [1.82, 2.24) is 19.6 Å². The van der Waals surface area contributed by atoms with Crippen LogP contribution < -0.4 is 5.56 Å². The van der Waals surface area contributed by atoms with E-state index in [1.807, 2.05) is 55.5 Å². The van der Waals surface area contributed by atoms with E-state index in [1.54, 1.807) is 12.4 Å².